The smallest absolute Gasteiger partial charge is 0.0540 e. The van der Waals surface area contributed by atoms with E-state index in [1.165, 1.54) is 55.3 Å². The fourth-order valence-electron chi connectivity index (χ4n) is 6.62. The summed E-state index contributed by atoms with van der Waals surface area (Å²) in [6, 6.07) is 71.9. The molecule has 0 N–H and O–H groups in total. The van der Waals surface area contributed by atoms with Gasteiger partial charge in [0.1, 0.15) is 0 Å². The van der Waals surface area contributed by atoms with Crippen LogP contribution in [0.15, 0.2) is 200 Å². The number of fused-ring (bicyclic) bond motifs is 1. The van der Waals surface area contributed by atoms with Gasteiger partial charge in [-0.3, -0.25) is 0 Å². The highest BCUT2D eigenvalue weighted by Crippen LogP contribution is 2.46. The van der Waals surface area contributed by atoms with E-state index in [0.717, 1.165) is 17.1 Å². The lowest BCUT2D eigenvalue weighted by Crippen LogP contribution is -2.11. The average Bonchev–Trinajstić information content (AvgIpc) is 3.16. The molecule has 0 aromatic heterocycles. The molecule has 8 rings (SSSR count). The van der Waals surface area contributed by atoms with Crippen molar-refractivity contribution in [3.8, 4) is 44.5 Å². The highest BCUT2D eigenvalue weighted by atomic mass is 15.1. The summed E-state index contributed by atoms with van der Waals surface area (Å²) in [6.45, 7) is 0. The van der Waals surface area contributed by atoms with Gasteiger partial charge in [-0.05, 0) is 86.1 Å². The second-order valence-electron chi connectivity index (χ2n) is 11.8. The Labute approximate surface area is 276 Å². The van der Waals surface area contributed by atoms with Crippen molar-refractivity contribution >= 4 is 27.8 Å². The summed E-state index contributed by atoms with van der Waals surface area (Å²) >= 11 is 0. The maximum Gasteiger partial charge on any atom is 0.0540 e. The molecule has 0 fully saturated rings. The van der Waals surface area contributed by atoms with Gasteiger partial charge < -0.3 is 4.90 Å². The van der Waals surface area contributed by atoms with Crippen molar-refractivity contribution in [2.45, 2.75) is 0 Å². The van der Waals surface area contributed by atoms with E-state index in [-0.39, 0.29) is 0 Å². The van der Waals surface area contributed by atoms with Crippen molar-refractivity contribution in [1.82, 2.24) is 0 Å². The molecular weight excluding hydrogens is 567 g/mol. The first-order valence-corrected chi connectivity index (χ1v) is 16.1. The first-order valence-electron chi connectivity index (χ1n) is 16.1. The van der Waals surface area contributed by atoms with Crippen molar-refractivity contribution in [2.24, 2.45) is 0 Å². The third-order valence-electron chi connectivity index (χ3n) is 8.87. The molecule has 222 valence electrons. The second-order valence-corrected chi connectivity index (χ2v) is 11.8. The predicted octanol–water partition coefficient (Wildman–Crippen LogP) is 13.0. The molecule has 0 heterocycles. The van der Waals surface area contributed by atoms with Gasteiger partial charge in [-0.1, -0.05) is 164 Å². The first-order chi connectivity index (χ1) is 23.3. The average molecular weight is 600 g/mol. The molecule has 8 aromatic rings. The summed E-state index contributed by atoms with van der Waals surface area (Å²) in [6.07, 6.45) is 0. The Balaban J connectivity index is 1.38. The monoisotopic (exact) mass is 599 g/mol. The largest absolute Gasteiger partial charge is 0.310 e. The molecule has 1 heteroatoms. The zero-order valence-corrected chi connectivity index (χ0v) is 26.0. The van der Waals surface area contributed by atoms with Crippen molar-refractivity contribution < 1.29 is 0 Å². The molecule has 0 unspecified atom stereocenters. The van der Waals surface area contributed by atoms with E-state index >= 15 is 0 Å². The zero-order chi connectivity index (χ0) is 31.4. The number of rotatable bonds is 7. The van der Waals surface area contributed by atoms with E-state index < -0.39 is 0 Å². The van der Waals surface area contributed by atoms with E-state index in [1.807, 2.05) is 0 Å². The Morgan fingerprint density at radius 2 is 0.809 bits per heavy atom. The number of benzene rings is 8. The van der Waals surface area contributed by atoms with Crippen LogP contribution in [-0.2, 0) is 0 Å². The molecule has 0 saturated heterocycles. The molecular formula is C46H33N. The molecule has 8 aromatic carbocycles. The van der Waals surface area contributed by atoms with Crippen LogP contribution in [0.1, 0.15) is 0 Å². The Kier molecular flexibility index (Phi) is 7.63. The van der Waals surface area contributed by atoms with Crippen molar-refractivity contribution in [1.29, 1.82) is 0 Å². The van der Waals surface area contributed by atoms with Crippen LogP contribution in [0.4, 0.5) is 17.1 Å². The minimum Gasteiger partial charge on any atom is -0.310 e. The summed E-state index contributed by atoms with van der Waals surface area (Å²) in [7, 11) is 0. The van der Waals surface area contributed by atoms with Gasteiger partial charge in [0.15, 0.2) is 0 Å². The molecule has 0 aliphatic rings. The SMILES string of the molecule is c1ccc(-c2ccc(-c3ccccc3N(c3ccccc3)c3ccc4ccccc4c3)c(-c3ccccc3-c3ccccc3)c2)cc1. The van der Waals surface area contributed by atoms with E-state index in [4.69, 9.17) is 0 Å². The Morgan fingerprint density at radius 3 is 1.55 bits per heavy atom. The summed E-state index contributed by atoms with van der Waals surface area (Å²) in [5.41, 5.74) is 12.9. The summed E-state index contributed by atoms with van der Waals surface area (Å²) < 4.78 is 0. The lowest BCUT2D eigenvalue weighted by atomic mass is 9.86. The van der Waals surface area contributed by atoms with Crippen LogP contribution >= 0.6 is 0 Å². The van der Waals surface area contributed by atoms with Gasteiger partial charge in [0, 0.05) is 16.9 Å². The zero-order valence-electron chi connectivity index (χ0n) is 26.0. The highest BCUT2D eigenvalue weighted by Gasteiger charge is 2.21. The van der Waals surface area contributed by atoms with Crippen LogP contribution in [0.2, 0.25) is 0 Å². The van der Waals surface area contributed by atoms with Gasteiger partial charge in [-0.25, -0.2) is 0 Å². The van der Waals surface area contributed by atoms with Gasteiger partial charge in [-0.15, -0.1) is 0 Å². The molecule has 1 nitrogen and oxygen atoms in total. The molecule has 0 spiro atoms. The quantitative estimate of drug-likeness (QED) is 0.176. The maximum absolute atomic E-state index is 2.39. The van der Waals surface area contributed by atoms with Crippen molar-refractivity contribution in [3.05, 3.63) is 200 Å². The Bertz CT molecular complexity index is 2290. The lowest BCUT2D eigenvalue weighted by molar-refractivity contribution is 1.29. The maximum atomic E-state index is 2.39. The number of nitrogens with zero attached hydrogens (tertiary/aromatic N) is 1. The van der Waals surface area contributed by atoms with E-state index in [9.17, 15) is 0 Å². The molecule has 0 bridgehead atoms. The van der Waals surface area contributed by atoms with Crippen LogP contribution < -0.4 is 4.90 Å². The van der Waals surface area contributed by atoms with E-state index in [2.05, 4.69) is 205 Å². The molecule has 0 saturated carbocycles. The lowest BCUT2D eigenvalue weighted by Gasteiger charge is -2.29. The van der Waals surface area contributed by atoms with E-state index in [0.29, 0.717) is 0 Å². The van der Waals surface area contributed by atoms with Crippen LogP contribution in [0.3, 0.4) is 0 Å². The molecule has 0 radical (unpaired) electrons. The van der Waals surface area contributed by atoms with Gasteiger partial charge >= 0.3 is 0 Å². The molecule has 0 atom stereocenters. The fourth-order valence-corrected chi connectivity index (χ4v) is 6.62. The van der Waals surface area contributed by atoms with Gasteiger partial charge in [0.25, 0.3) is 0 Å². The number of anilines is 3. The van der Waals surface area contributed by atoms with Gasteiger partial charge in [-0.2, -0.15) is 0 Å². The molecule has 0 aliphatic carbocycles. The standard InChI is InChI=1S/C46H33N/c1-4-16-34(17-5-1)38-29-31-43(45(33-38)42-25-13-12-24-41(42)36-19-6-2-7-20-36)44-26-14-15-27-46(44)47(39-22-8-3-9-23-39)40-30-28-35-18-10-11-21-37(35)32-40/h1-33H. The second kappa shape index (κ2) is 12.7. The number of hydrogen-bond acceptors (Lipinski definition) is 1. The van der Waals surface area contributed by atoms with Crippen LogP contribution in [0.25, 0.3) is 55.3 Å². The van der Waals surface area contributed by atoms with Crippen LogP contribution in [-0.4, -0.2) is 0 Å². The highest BCUT2D eigenvalue weighted by molar-refractivity contribution is 5.99. The van der Waals surface area contributed by atoms with Gasteiger partial charge in [0.2, 0.25) is 0 Å². The summed E-state index contributed by atoms with van der Waals surface area (Å²) in [4.78, 5) is 2.39. The number of hydrogen-bond donors (Lipinski definition) is 0. The van der Waals surface area contributed by atoms with Gasteiger partial charge in [0.05, 0.1) is 5.69 Å². The Hall–Kier alpha value is -6.18. The van der Waals surface area contributed by atoms with Crippen LogP contribution in [0, 0.1) is 0 Å². The first kappa shape index (κ1) is 28.3. The number of para-hydroxylation sites is 2. The summed E-state index contributed by atoms with van der Waals surface area (Å²) in [5, 5.41) is 2.45. The van der Waals surface area contributed by atoms with E-state index in [1.54, 1.807) is 0 Å². The molecule has 0 amide bonds. The third-order valence-corrected chi connectivity index (χ3v) is 8.87. The molecule has 0 aliphatic heterocycles. The predicted molar refractivity (Wildman–Crippen MR) is 200 cm³/mol. The summed E-state index contributed by atoms with van der Waals surface area (Å²) in [5.74, 6) is 0. The molecule has 47 heavy (non-hydrogen) atoms. The minimum atomic E-state index is 1.11. The Morgan fingerprint density at radius 1 is 0.255 bits per heavy atom. The van der Waals surface area contributed by atoms with Crippen molar-refractivity contribution in [2.75, 3.05) is 4.90 Å². The minimum absolute atomic E-state index is 1.11. The van der Waals surface area contributed by atoms with Crippen LogP contribution in [0.5, 0.6) is 0 Å². The fraction of sp³-hybridized carbons (Fsp3) is 0. The topological polar surface area (TPSA) is 3.24 Å². The third kappa shape index (κ3) is 5.60. The van der Waals surface area contributed by atoms with Crippen molar-refractivity contribution in [3.63, 3.8) is 0 Å². The normalized spacial score (nSPS) is 11.0.